The minimum absolute atomic E-state index is 0.0338. The highest BCUT2D eigenvalue weighted by Crippen LogP contribution is 2.23. The van der Waals surface area contributed by atoms with Gasteiger partial charge in [0.05, 0.1) is 4.90 Å². The van der Waals surface area contributed by atoms with Crippen LogP contribution in [0.4, 0.5) is 4.39 Å². The SMILES string of the molecule is O=C(c1cccc(CNS(=O)(=O)c2ccc(F)cc2Br)c1)N1CCCC1. The van der Waals surface area contributed by atoms with Gasteiger partial charge in [0.1, 0.15) is 5.82 Å². The Morgan fingerprint density at radius 1 is 1.15 bits per heavy atom. The average Bonchev–Trinajstić information content (AvgIpc) is 3.14. The molecule has 1 saturated heterocycles. The van der Waals surface area contributed by atoms with E-state index in [4.69, 9.17) is 0 Å². The van der Waals surface area contributed by atoms with Crippen molar-refractivity contribution in [2.75, 3.05) is 13.1 Å². The van der Waals surface area contributed by atoms with Crippen molar-refractivity contribution >= 4 is 31.9 Å². The van der Waals surface area contributed by atoms with Crippen molar-refractivity contribution < 1.29 is 17.6 Å². The van der Waals surface area contributed by atoms with Crippen molar-refractivity contribution in [3.05, 3.63) is 63.9 Å². The number of carbonyl (C=O) groups excluding carboxylic acids is 1. The first-order valence-corrected chi connectivity index (χ1v) is 10.5. The Kier molecular flexibility index (Phi) is 5.74. The second-order valence-corrected chi connectivity index (χ2v) is 8.69. The minimum atomic E-state index is -3.81. The molecule has 0 radical (unpaired) electrons. The Balaban J connectivity index is 1.73. The van der Waals surface area contributed by atoms with E-state index in [2.05, 4.69) is 20.7 Å². The van der Waals surface area contributed by atoms with Crippen LogP contribution in [-0.2, 0) is 16.6 Å². The second kappa shape index (κ2) is 7.85. The van der Waals surface area contributed by atoms with E-state index >= 15 is 0 Å². The molecule has 1 aliphatic rings. The van der Waals surface area contributed by atoms with E-state index in [-0.39, 0.29) is 21.8 Å². The highest BCUT2D eigenvalue weighted by atomic mass is 79.9. The third-order valence-electron chi connectivity index (χ3n) is 4.22. The van der Waals surface area contributed by atoms with Crippen LogP contribution in [0.25, 0.3) is 0 Å². The lowest BCUT2D eigenvalue weighted by Gasteiger charge is -2.16. The molecule has 138 valence electrons. The van der Waals surface area contributed by atoms with Gasteiger partial charge in [0.25, 0.3) is 5.91 Å². The number of hydrogen-bond donors (Lipinski definition) is 1. The van der Waals surface area contributed by atoms with Gasteiger partial charge in [0.15, 0.2) is 0 Å². The zero-order valence-corrected chi connectivity index (χ0v) is 16.3. The van der Waals surface area contributed by atoms with Crippen LogP contribution in [0.5, 0.6) is 0 Å². The molecular weight excluding hydrogens is 423 g/mol. The normalized spacial score (nSPS) is 14.6. The summed E-state index contributed by atoms with van der Waals surface area (Å²) in [5.41, 5.74) is 1.23. The first kappa shape index (κ1) is 19.0. The smallest absolute Gasteiger partial charge is 0.253 e. The maximum atomic E-state index is 13.2. The van der Waals surface area contributed by atoms with E-state index in [1.165, 1.54) is 6.07 Å². The molecule has 1 N–H and O–H groups in total. The van der Waals surface area contributed by atoms with Crippen LogP contribution in [0.1, 0.15) is 28.8 Å². The molecule has 26 heavy (non-hydrogen) atoms. The zero-order valence-electron chi connectivity index (χ0n) is 13.9. The summed E-state index contributed by atoms with van der Waals surface area (Å²) in [5.74, 6) is -0.558. The summed E-state index contributed by atoms with van der Waals surface area (Å²) in [7, 11) is -3.81. The molecule has 1 fully saturated rings. The maximum Gasteiger partial charge on any atom is 0.253 e. The molecule has 0 atom stereocenters. The van der Waals surface area contributed by atoms with E-state index in [0.29, 0.717) is 11.1 Å². The van der Waals surface area contributed by atoms with Crippen LogP contribution in [0.3, 0.4) is 0 Å². The fraction of sp³-hybridized carbons (Fsp3) is 0.278. The van der Waals surface area contributed by atoms with Crippen LogP contribution in [0, 0.1) is 5.82 Å². The largest absolute Gasteiger partial charge is 0.339 e. The lowest BCUT2D eigenvalue weighted by atomic mass is 10.1. The summed E-state index contributed by atoms with van der Waals surface area (Å²) >= 11 is 3.07. The first-order valence-electron chi connectivity index (χ1n) is 8.20. The van der Waals surface area contributed by atoms with Gasteiger partial charge in [-0.25, -0.2) is 17.5 Å². The lowest BCUT2D eigenvalue weighted by Crippen LogP contribution is -2.28. The van der Waals surface area contributed by atoms with Gasteiger partial charge < -0.3 is 4.90 Å². The lowest BCUT2D eigenvalue weighted by molar-refractivity contribution is 0.0792. The van der Waals surface area contributed by atoms with Gasteiger partial charge in [-0.2, -0.15) is 0 Å². The number of hydrogen-bond acceptors (Lipinski definition) is 3. The Bertz CT molecular complexity index is 928. The Hall–Kier alpha value is -1.77. The van der Waals surface area contributed by atoms with Crippen molar-refractivity contribution in [2.24, 2.45) is 0 Å². The highest BCUT2D eigenvalue weighted by Gasteiger charge is 2.20. The number of likely N-dealkylation sites (tertiary alicyclic amines) is 1. The summed E-state index contributed by atoms with van der Waals surface area (Å²) < 4.78 is 40.6. The number of halogens is 2. The van der Waals surface area contributed by atoms with Crippen LogP contribution >= 0.6 is 15.9 Å². The molecule has 3 rings (SSSR count). The van der Waals surface area contributed by atoms with Gasteiger partial charge in [-0.05, 0) is 64.7 Å². The van der Waals surface area contributed by atoms with Gasteiger partial charge in [0.2, 0.25) is 10.0 Å². The van der Waals surface area contributed by atoms with Gasteiger partial charge in [-0.3, -0.25) is 4.79 Å². The van der Waals surface area contributed by atoms with Gasteiger partial charge in [-0.15, -0.1) is 0 Å². The molecule has 0 unspecified atom stereocenters. The van der Waals surface area contributed by atoms with Gasteiger partial charge >= 0.3 is 0 Å². The van der Waals surface area contributed by atoms with Crippen LogP contribution in [0.2, 0.25) is 0 Å². The Labute approximate surface area is 160 Å². The standard InChI is InChI=1S/C18H18BrFN2O3S/c19-16-11-15(20)6-7-17(16)26(24,25)21-12-13-4-3-5-14(10-13)18(23)22-8-1-2-9-22/h3-7,10-11,21H,1-2,8-9,12H2. The van der Waals surface area contributed by atoms with Crippen LogP contribution in [0.15, 0.2) is 51.8 Å². The molecule has 1 amide bonds. The third-order valence-corrected chi connectivity index (χ3v) is 6.59. The molecule has 0 aliphatic carbocycles. The molecule has 2 aromatic rings. The number of carbonyl (C=O) groups is 1. The molecule has 2 aromatic carbocycles. The van der Waals surface area contributed by atoms with Crippen LogP contribution < -0.4 is 4.72 Å². The minimum Gasteiger partial charge on any atom is -0.339 e. The fourth-order valence-electron chi connectivity index (χ4n) is 2.87. The number of amides is 1. The Morgan fingerprint density at radius 2 is 1.88 bits per heavy atom. The second-order valence-electron chi connectivity index (χ2n) is 6.10. The number of rotatable bonds is 5. The molecule has 0 aromatic heterocycles. The number of sulfonamides is 1. The van der Waals surface area contributed by atoms with Crippen molar-refractivity contribution in [3.8, 4) is 0 Å². The molecule has 5 nitrogen and oxygen atoms in total. The molecular formula is C18H18BrFN2O3S. The fourth-order valence-corrected chi connectivity index (χ4v) is 4.93. The molecule has 1 heterocycles. The van der Waals surface area contributed by atoms with E-state index in [0.717, 1.165) is 38.1 Å². The van der Waals surface area contributed by atoms with Gasteiger partial charge in [-0.1, -0.05) is 12.1 Å². The molecule has 8 heteroatoms. The van der Waals surface area contributed by atoms with Crippen LogP contribution in [-0.4, -0.2) is 32.3 Å². The predicted octanol–water partition coefficient (Wildman–Crippen LogP) is 3.30. The molecule has 0 bridgehead atoms. The topological polar surface area (TPSA) is 66.5 Å². The monoisotopic (exact) mass is 440 g/mol. The summed E-state index contributed by atoms with van der Waals surface area (Å²) in [5, 5.41) is 0. The van der Waals surface area contributed by atoms with Crippen molar-refractivity contribution in [3.63, 3.8) is 0 Å². The first-order chi connectivity index (χ1) is 12.4. The summed E-state index contributed by atoms with van der Waals surface area (Å²) in [6.45, 7) is 1.55. The molecule has 0 spiro atoms. The van der Waals surface area contributed by atoms with Crippen molar-refractivity contribution in [2.45, 2.75) is 24.3 Å². The Morgan fingerprint density at radius 3 is 2.58 bits per heavy atom. The van der Waals surface area contributed by atoms with E-state index in [9.17, 15) is 17.6 Å². The third kappa shape index (κ3) is 4.31. The van der Waals surface area contributed by atoms with E-state index < -0.39 is 15.8 Å². The molecule has 1 aliphatic heterocycles. The van der Waals surface area contributed by atoms with Crippen molar-refractivity contribution in [1.82, 2.24) is 9.62 Å². The zero-order chi connectivity index (χ0) is 18.7. The van der Waals surface area contributed by atoms with Gasteiger partial charge in [0, 0.05) is 29.7 Å². The predicted molar refractivity (Wildman–Crippen MR) is 99.7 cm³/mol. The summed E-state index contributed by atoms with van der Waals surface area (Å²) in [6, 6.07) is 10.3. The average molecular weight is 441 g/mol. The summed E-state index contributed by atoms with van der Waals surface area (Å²) in [4.78, 5) is 14.2. The van der Waals surface area contributed by atoms with E-state index in [1.54, 1.807) is 29.2 Å². The molecule has 0 saturated carbocycles. The number of nitrogens with one attached hydrogen (secondary N) is 1. The van der Waals surface area contributed by atoms with E-state index in [1.807, 2.05) is 0 Å². The number of nitrogens with zero attached hydrogens (tertiary/aromatic N) is 1. The maximum absolute atomic E-state index is 13.2. The summed E-state index contributed by atoms with van der Waals surface area (Å²) in [6.07, 6.45) is 2.02. The number of benzene rings is 2. The highest BCUT2D eigenvalue weighted by molar-refractivity contribution is 9.10. The quantitative estimate of drug-likeness (QED) is 0.775. The van der Waals surface area contributed by atoms with Crippen molar-refractivity contribution in [1.29, 1.82) is 0 Å².